The number of imidazole rings is 2. The molecule has 4 fully saturated rings. The fraction of sp³-hybridized carbons (Fsp3) is 0.583. The number of anilines is 2. The number of nitrogens with zero attached hydrogens (tertiary/aromatic N) is 8. The number of hydrogen-bond acceptors (Lipinski definition) is 17. The van der Waals surface area contributed by atoms with Gasteiger partial charge in [-0.1, -0.05) is 24.5 Å². The van der Waals surface area contributed by atoms with E-state index in [2.05, 4.69) is 70.4 Å². The SMILES string of the molecule is O=[P@]1(S)OCC2O[C@@H]3[C@H](F)[C@@H]2O[P@](=O)(S)OCC2OC([C@H](F)[C@@H]2O1)n1cnc2c(ncnc21)NCC1NC1CNc1ncnc2c1ncn23. The van der Waals surface area contributed by atoms with Crippen LogP contribution in [0.1, 0.15) is 12.5 Å². The van der Waals surface area contributed by atoms with Crippen LogP contribution in [-0.4, -0.2) is 114 Å². The van der Waals surface area contributed by atoms with Crippen LogP contribution >= 0.6 is 38.1 Å². The zero-order valence-corrected chi connectivity index (χ0v) is 28.4. The first-order chi connectivity index (χ1) is 23.6. The van der Waals surface area contributed by atoms with Crippen molar-refractivity contribution in [2.24, 2.45) is 0 Å². The predicted molar refractivity (Wildman–Crippen MR) is 171 cm³/mol. The maximum atomic E-state index is 16.3. The lowest BCUT2D eigenvalue weighted by molar-refractivity contribution is -0.0544. The number of thiol groups is 2. The summed E-state index contributed by atoms with van der Waals surface area (Å²) in [5.74, 6) is 0.813. The number of hydrogen-bond donors (Lipinski definition) is 5. The van der Waals surface area contributed by atoms with Crippen molar-refractivity contribution in [3.63, 3.8) is 0 Å². The molecule has 49 heavy (non-hydrogen) atoms. The molecule has 10 heterocycles. The maximum Gasteiger partial charge on any atom is 0.386 e. The zero-order valence-electron chi connectivity index (χ0n) is 24.8. The third-order valence-electron chi connectivity index (χ3n) is 8.90. The fourth-order valence-corrected chi connectivity index (χ4v) is 9.39. The van der Waals surface area contributed by atoms with Crippen molar-refractivity contribution in [2.75, 3.05) is 36.9 Å². The van der Waals surface area contributed by atoms with Crippen LogP contribution in [0, 0.1) is 0 Å². The molecule has 3 N–H and O–H groups in total. The van der Waals surface area contributed by atoms with E-state index in [9.17, 15) is 9.13 Å². The van der Waals surface area contributed by atoms with Gasteiger partial charge in [-0.15, -0.1) is 0 Å². The molecule has 6 aliphatic rings. The van der Waals surface area contributed by atoms with Gasteiger partial charge in [0.05, 0.1) is 25.9 Å². The summed E-state index contributed by atoms with van der Waals surface area (Å²) >= 11 is 8.12. The van der Waals surface area contributed by atoms with E-state index in [4.69, 9.17) is 27.6 Å². The van der Waals surface area contributed by atoms with Gasteiger partial charge in [0.25, 0.3) is 0 Å². The summed E-state index contributed by atoms with van der Waals surface area (Å²) in [5, 5.41) is 9.89. The minimum atomic E-state index is -4.39. The molecule has 4 aromatic rings. The molecule has 5 unspecified atom stereocenters. The third kappa shape index (κ3) is 5.81. The number of rotatable bonds is 0. The van der Waals surface area contributed by atoms with Gasteiger partial charge in [-0.2, -0.15) is 0 Å². The van der Waals surface area contributed by atoms with Crippen LogP contribution in [0.4, 0.5) is 20.4 Å². The molecule has 0 spiro atoms. The minimum absolute atomic E-state index is 0.0626. The molecule has 262 valence electrons. The molecule has 0 aliphatic carbocycles. The normalized spacial score (nSPS) is 40.8. The average Bonchev–Trinajstić information content (AvgIpc) is 3.34. The number of ether oxygens (including phenoxy) is 2. The zero-order chi connectivity index (χ0) is 33.7. The quantitative estimate of drug-likeness (QED) is 0.0984. The van der Waals surface area contributed by atoms with Crippen molar-refractivity contribution in [3.05, 3.63) is 25.3 Å². The number of nitrogens with one attached hydrogen (secondary N) is 3. The van der Waals surface area contributed by atoms with Gasteiger partial charge in [0, 0.05) is 25.2 Å². The Hall–Kier alpha value is -2.56. The van der Waals surface area contributed by atoms with E-state index in [0.29, 0.717) is 35.8 Å². The highest BCUT2D eigenvalue weighted by atomic mass is 32.7. The van der Waals surface area contributed by atoms with Crippen molar-refractivity contribution in [1.82, 2.24) is 44.4 Å². The first kappa shape index (κ1) is 32.4. The molecule has 25 heteroatoms. The Kier molecular flexibility index (Phi) is 7.93. The maximum absolute atomic E-state index is 16.3. The average molecular weight is 762 g/mol. The van der Waals surface area contributed by atoms with Crippen molar-refractivity contribution in [1.29, 1.82) is 0 Å². The third-order valence-corrected chi connectivity index (χ3v) is 12.1. The van der Waals surface area contributed by atoms with Crippen LogP contribution in [0.5, 0.6) is 0 Å². The molecular formula is C24H27F2N11O8P2S2. The molecule has 4 saturated heterocycles. The molecule has 0 radical (unpaired) electrons. The predicted octanol–water partition coefficient (Wildman–Crippen LogP) is 2.21. The summed E-state index contributed by atoms with van der Waals surface area (Å²) in [6, 6.07) is 0.125. The lowest BCUT2D eigenvalue weighted by Gasteiger charge is -2.28. The monoisotopic (exact) mass is 761 g/mol. The number of fused-ring (bicyclic) bond motifs is 8. The molecular weight excluding hydrogens is 734 g/mol. The van der Waals surface area contributed by atoms with Crippen LogP contribution in [0.15, 0.2) is 25.3 Å². The topological polar surface area (TPSA) is 223 Å². The molecule has 0 amide bonds. The summed E-state index contributed by atoms with van der Waals surface area (Å²) in [7, 11) is 0. The molecule has 6 aliphatic heterocycles. The largest absolute Gasteiger partial charge is 0.386 e. The van der Waals surface area contributed by atoms with Crippen molar-refractivity contribution < 1.29 is 45.5 Å². The second-order valence-corrected chi connectivity index (χ2v) is 17.7. The van der Waals surface area contributed by atoms with E-state index >= 15 is 8.78 Å². The first-order valence-electron chi connectivity index (χ1n) is 15.0. The Bertz CT molecular complexity index is 1890. The molecule has 14 bridgehead atoms. The van der Waals surface area contributed by atoms with Crippen LogP contribution < -0.4 is 16.0 Å². The Morgan fingerprint density at radius 2 is 1.16 bits per heavy atom. The van der Waals surface area contributed by atoms with Gasteiger partial charge in [0.1, 0.15) is 37.1 Å². The first-order valence-corrected chi connectivity index (χ1v) is 20.4. The van der Waals surface area contributed by atoms with Gasteiger partial charge in [-0.3, -0.25) is 27.2 Å². The molecule has 0 aromatic carbocycles. The summed E-state index contributed by atoms with van der Waals surface area (Å²) in [6.07, 6.45) is -7.49. The highest BCUT2D eigenvalue weighted by Crippen LogP contribution is 2.60. The van der Waals surface area contributed by atoms with Crippen molar-refractivity contribution >= 4 is 72.1 Å². The van der Waals surface area contributed by atoms with Gasteiger partial charge >= 0.3 is 13.6 Å². The van der Waals surface area contributed by atoms with Gasteiger partial charge < -0.3 is 25.4 Å². The second-order valence-electron chi connectivity index (χ2n) is 11.9. The second kappa shape index (κ2) is 12.0. The standard InChI is InChI=1S/C24H27F2N11O8P2S2/c25-13-17-11-3-40-47(39,49)45-18-12(4-41-46(38,48)44-17)43-24(14(18)26)37-8-34-16-20(30-6-32-22(16)37)28-2-10-9(35-10)1-27-19-15-21(31-5-29-19)36(7-33-15)23(13)42-11/h5-14,17-18,23-24,35H,1-4H2,(H,38,48)(H,39,49)(H,27,29,31)(H,28,30,32)/t9?,10?,11?,12?,13-,14-,17-,18-,23-,24?,46-,47+/m1/s1. The summed E-state index contributed by atoms with van der Waals surface area (Å²) in [4.78, 5) is 26.0. The van der Waals surface area contributed by atoms with Gasteiger partial charge in [-0.05, 0) is 0 Å². The lowest BCUT2D eigenvalue weighted by Crippen LogP contribution is -2.36. The van der Waals surface area contributed by atoms with E-state index in [1.807, 2.05) is 0 Å². The summed E-state index contributed by atoms with van der Waals surface area (Å²) in [5.41, 5.74) is 1.14. The van der Waals surface area contributed by atoms with Crippen LogP contribution in [-0.2, 0) is 36.7 Å². The Balaban J connectivity index is 1.12. The number of aromatic nitrogens is 8. The fourth-order valence-electron chi connectivity index (χ4n) is 6.43. The van der Waals surface area contributed by atoms with Crippen LogP contribution in [0.2, 0.25) is 0 Å². The van der Waals surface area contributed by atoms with E-state index < -0.39 is 76.0 Å². The highest BCUT2D eigenvalue weighted by Gasteiger charge is 2.54. The highest BCUT2D eigenvalue weighted by molar-refractivity contribution is 8.44. The van der Waals surface area contributed by atoms with E-state index in [-0.39, 0.29) is 23.4 Å². The van der Waals surface area contributed by atoms with E-state index in [1.54, 1.807) is 0 Å². The van der Waals surface area contributed by atoms with Gasteiger partial charge in [0.15, 0.2) is 58.8 Å². The summed E-state index contributed by atoms with van der Waals surface area (Å²) in [6.45, 7) is -9.08. The number of halogens is 2. The molecule has 10 rings (SSSR count). The molecule has 4 aromatic heterocycles. The summed E-state index contributed by atoms with van der Waals surface area (Å²) < 4.78 is 96.4. The Morgan fingerprint density at radius 3 is 1.61 bits per heavy atom. The van der Waals surface area contributed by atoms with E-state index in [0.717, 1.165) is 0 Å². The number of alkyl halides is 2. The van der Waals surface area contributed by atoms with Crippen LogP contribution in [0.3, 0.4) is 0 Å². The van der Waals surface area contributed by atoms with Crippen LogP contribution in [0.25, 0.3) is 22.3 Å². The van der Waals surface area contributed by atoms with E-state index in [1.165, 1.54) is 34.4 Å². The van der Waals surface area contributed by atoms with Gasteiger partial charge in [0.2, 0.25) is 0 Å². The van der Waals surface area contributed by atoms with Crippen molar-refractivity contribution in [3.8, 4) is 0 Å². The molecule has 19 nitrogen and oxygen atoms in total. The Morgan fingerprint density at radius 1 is 0.714 bits per heavy atom. The smallest absolute Gasteiger partial charge is 0.366 e. The van der Waals surface area contributed by atoms with Gasteiger partial charge in [-0.25, -0.2) is 47.8 Å². The molecule has 0 saturated carbocycles. The minimum Gasteiger partial charge on any atom is -0.366 e. The van der Waals surface area contributed by atoms with Crippen molar-refractivity contribution in [2.45, 2.75) is 61.3 Å². The molecule has 12 atom stereocenters. The lowest BCUT2D eigenvalue weighted by atomic mass is 10.1. The Labute approximate surface area is 284 Å².